The van der Waals surface area contributed by atoms with E-state index in [9.17, 15) is 39.6 Å². The Hall–Kier alpha value is -4.99. The van der Waals surface area contributed by atoms with Gasteiger partial charge in [-0.05, 0) is 35.0 Å². The van der Waals surface area contributed by atoms with Gasteiger partial charge in [0.1, 0.15) is 29.4 Å². The van der Waals surface area contributed by atoms with Crippen molar-refractivity contribution in [3.05, 3.63) is 92.0 Å². The summed E-state index contributed by atoms with van der Waals surface area (Å²) in [4.78, 5) is 77.3. The number of β-lactam (4-membered cyclic amide) rings is 1. The van der Waals surface area contributed by atoms with Crippen molar-refractivity contribution in [2.45, 2.75) is 31.6 Å². The number of carbonyl (C=O) groups is 5. The Morgan fingerprint density at radius 1 is 1.13 bits per heavy atom. The van der Waals surface area contributed by atoms with Crippen LogP contribution in [0.1, 0.15) is 18.1 Å². The summed E-state index contributed by atoms with van der Waals surface area (Å²) in [6.07, 6.45) is -2.65. The number of fused-ring (bicyclic) bond motifs is 1. The summed E-state index contributed by atoms with van der Waals surface area (Å²) in [6, 6.07) is 14.0. The van der Waals surface area contributed by atoms with Gasteiger partial charge in [0.05, 0.1) is 4.92 Å². The van der Waals surface area contributed by atoms with Crippen molar-refractivity contribution in [3.63, 3.8) is 0 Å². The highest BCUT2D eigenvalue weighted by Crippen LogP contribution is 2.48. The van der Waals surface area contributed by atoms with Crippen molar-refractivity contribution in [1.82, 2.24) is 10.2 Å². The number of nitro groups is 1. The first-order chi connectivity index (χ1) is 21.6. The summed E-state index contributed by atoms with van der Waals surface area (Å²) in [5, 5.41) is 12.4. The van der Waals surface area contributed by atoms with Crippen LogP contribution in [0, 0.1) is 16.0 Å². The predicted octanol–water partition coefficient (Wildman–Crippen LogP) is 2.80. The summed E-state index contributed by atoms with van der Waals surface area (Å²) in [7, 11) is 0. The van der Waals surface area contributed by atoms with Crippen molar-refractivity contribution in [1.29, 1.82) is 0 Å². The summed E-state index contributed by atoms with van der Waals surface area (Å²) >= 11 is 1.92. The molecule has 2 aliphatic rings. The molecule has 2 heterocycles. The number of benzene rings is 2. The van der Waals surface area contributed by atoms with E-state index in [1.54, 1.807) is 30.3 Å². The third-order valence-corrected chi connectivity index (χ3v) is 8.88. The van der Waals surface area contributed by atoms with Crippen LogP contribution < -0.4 is 5.32 Å². The molecule has 0 spiro atoms. The molecule has 1 unspecified atom stereocenters. The molecule has 0 aromatic heterocycles. The number of hydrogen-bond acceptors (Lipinski definition) is 12. The molecular formula is C28H25N5O10S2. The van der Waals surface area contributed by atoms with E-state index >= 15 is 0 Å². The lowest BCUT2D eigenvalue weighted by Crippen LogP contribution is -2.66. The number of rotatable bonds is 13. The minimum atomic E-state index is -1.62. The molecule has 1 fully saturated rings. The standard InChI is InChI=1S/C28H25N5O10S2/c1-16(35)30-11-12-44-23-22(27(37)41-14-17-5-3-2-4-6-17)32-25(36)21(26(32)45-24(23)31-29)20(13-34)43-28(38)42-15-18-7-9-19(10-8-18)33(39)40/h2-10,13,20-21,26H,11-12,14-15H2,1H3,(H,30,35)/t20?,21-,26-/m0/s1. The SMILES string of the molecule is CC(=O)NCCSC1=C(C(=O)OCc2ccccc2)N2C(=O)[C@H](C(C=O)OC(=O)OCc3ccc([N+](=O)[O-])cc3)[C@@H]2SC1=[N+]=[N-]. The summed E-state index contributed by atoms with van der Waals surface area (Å²) in [5.41, 5.74) is 10.6. The van der Waals surface area contributed by atoms with Gasteiger partial charge in [0.25, 0.3) is 5.69 Å². The number of aldehydes is 1. The Kier molecular flexibility index (Phi) is 11.1. The van der Waals surface area contributed by atoms with Gasteiger partial charge in [0.2, 0.25) is 11.8 Å². The highest BCUT2D eigenvalue weighted by molar-refractivity contribution is 8.18. The maximum Gasteiger partial charge on any atom is 0.509 e. The van der Waals surface area contributed by atoms with Crippen LogP contribution in [0.4, 0.5) is 10.5 Å². The van der Waals surface area contributed by atoms with Crippen molar-refractivity contribution < 1.29 is 47.9 Å². The Bertz CT molecular complexity index is 1580. The molecule has 0 bridgehead atoms. The van der Waals surface area contributed by atoms with Crippen molar-refractivity contribution in [3.8, 4) is 0 Å². The fourth-order valence-corrected chi connectivity index (χ4v) is 6.70. The van der Waals surface area contributed by atoms with Gasteiger partial charge in [-0.25, -0.2) is 9.59 Å². The van der Waals surface area contributed by atoms with E-state index in [-0.39, 0.29) is 59.0 Å². The number of nitrogens with zero attached hydrogens (tertiary/aromatic N) is 4. The molecule has 17 heteroatoms. The first-order valence-corrected chi connectivity index (χ1v) is 15.1. The second-order valence-electron chi connectivity index (χ2n) is 9.40. The van der Waals surface area contributed by atoms with Gasteiger partial charge < -0.3 is 25.1 Å². The van der Waals surface area contributed by atoms with E-state index in [2.05, 4.69) is 10.1 Å². The van der Waals surface area contributed by atoms with Gasteiger partial charge in [-0.15, -0.1) is 11.8 Å². The summed E-state index contributed by atoms with van der Waals surface area (Å²) < 4.78 is 15.6. The number of ether oxygens (including phenoxy) is 3. The summed E-state index contributed by atoms with van der Waals surface area (Å²) in [6.45, 7) is 1.10. The Morgan fingerprint density at radius 3 is 2.42 bits per heavy atom. The lowest BCUT2D eigenvalue weighted by atomic mass is 9.91. The average Bonchev–Trinajstić information content (AvgIpc) is 3.04. The minimum absolute atomic E-state index is 0.0429. The van der Waals surface area contributed by atoms with Gasteiger partial charge in [0, 0.05) is 31.4 Å². The van der Waals surface area contributed by atoms with Gasteiger partial charge in [-0.1, -0.05) is 30.3 Å². The van der Waals surface area contributed by atoms with Crippen LogP contribution >= 0.6 is 23.5 Å². The van der Waals surface area contributed by atoms with Crippen molar-refractivity contribution in [2.24, 2.45) is 5.92 Å². The second-order valence-corrected chi connectivity index (χ2v) is 11.6. The van der Waals surface area contributed by atoms with Crippen molar-refractivity contribution >= 4 is 64.5 Å². The fourth-order valence-electron chi connectivity index (χ4n) is 4.28. The summed E-state index contributed by atoms with van der Waals surface area (Å²) in [5.74, 6) is -2.91. The van der Waals surface area contributed by atoms with E-state index in [0.29, 0.717) is 11.1 Å². The highest BCUT2D eigenvalue weighted by atomic mass is 32.2. The molecule has 0 aliphatic carbocycles. The molecule has 15 nitrogen and oxygen atoms in total. The molecule has 2 aromatic carbocycles. The average molecular weight is 656 g/mol. The van der Waals surface area contributed by atoms with E-state index in [4.69, 9.17) is 14.2 Å². The maximum atomic E-state index is 13.4. The van der Waals surface area contributed by atoms with Gasteiger partial charge in [-0.2, -0.15) is 4.79 Å². The Labute approximate surface area is 264 Å². The highest BCUT2D eigenvalue weighted by Gasteiger charge is 2.61. The fraction of sp³-hybridized carbons (Fsp3) is 0.286. The number of carbonyl (C=O) groups excluding carboxylic acids is 5. The molecule has 2 amide bonds. The third-order valence-electron chi connectivity index (χ3n) is 6.41. The van der Waals surface area contributed by atoms with Crippen LogP contribution in [0.25, 0.3) is 5.53 Å². The van der Waals surface area contributed by atoms with Crippen LogP contribution in [0.15, 0.2) is 65.2 Å². The first kappa shape index (κ1) is 32.9. The first-order valence-electron chi connectivity index (χ1n) is 13.2. The maximum absolute atomic E-state index is 13.4. The third kappa shape index (κ3) is 7.94. The zero-order valence-corrected chi connectivity index (χ0v) is 25.2. The molecule has 0 radical (unpaired) electrons. The normalized spacial score (nSPS) is 17.7. The van der Waals surface area contributed by atoms with Gasteiger partial charge in [-0.3, -0.25) is 29.4 Å². The number of thioether (sulfide) groups is 2. The lowest BCUT2D eigenvalue weighted by Gasteiger charge is -2.49. The Balaban J connectivity index is 1.50. The van der Waals surface area contributed by atoms with Gasteiger partial charge >= 0.3 is 17.2 Å². The number of hydrogen-bond donors (Lipinski definition) is 1. The number of amides is 2. The number of non-ortho nitro benzene ring substituents is 1. The zero-order chi connectivity index (χ0) is 32.5. The minimum Gasteiger partial charge on any atom is -0.456 e. The largest absolute Gasteiger partial charge is 0.509 e. The van der Waals surface area contributed by atoms with E-state index < -0.39 is 40.4 Å². The molecule has 234 valence electrons. The van der Waals surface area contributed by atoms with Crippen LogP contribution in [0.5, 0.6) is 0 Å². The van der Waals surface area contributed by atoms with E-state index in [0.717, 1.165) is 28.4 Å². The second kappa shape index (κ2) is 15.1. The van der Waals surface area contributed by atoms with Crippen LogP contribution in [0.2, 0.25) is 0 Å². The number of nitro benzene ring substituents is 1. The Morgan fingerprint density at radius 2 is 1.80 bits per heavy atom. The molecule has 3 atom stereocenters. The predicted molar refractivity (Wildman–Crippen MR) is 159 cm³/mol. The van der Waals surface area contributed by atoms with Crippen LogP contribution in [0.3, 0.4) is 0 Å². The quantitative estimate of drug-likeness (QED) is 0.0483. The van der Waals surface area contributed by atoms with Crippen LogP contribution in [-0.4, -0.2) is 73.7 Å². The van der Waals surface area contributed by atoms with Crippen molar-refractivity contribution in [2.75, 3.05) is 12.3 Å². The number of esters is 1. The molecule has 4 rings (SSSR count). The zero-order valence-electron chi connectivity index (χ0n) is 23.5. The topological polar surface area (TPSA) is 208 Å². The molecule has 2 aromatic rings. The molecule has 2 aliphatic heterocycles. The smallest absolute Gasteiger partial charge is 0.456 e. The monoisotopic (exact) mass is 655 g/mol. The molecule has 45 heavy (non-hydrogen) atoms. The molecule has 1 saturated heterocycles. The molecule has 1 N–H and O–H groups in total. The van der Waals surface area contributed by atoms with E-state index in [1.165, 1.54) is 31.2 Å². The molecular weight excluding hydrogens is 630 g/mol. The lowest BCUT2D eigenvalue weighted by molar-refractivity contribution is -0.384. The van der Waals surface area contributed by atoms with Gasteiger partial charge in [0.15, 0.2) is 18.1 Å². The van der Waals surface area contributed by atoms with Crippen LogP contribution in [-0.2, 0) is 46.6 Å². The van der Waals surface area contributed by atoms with E-state index in [1.807, 2.05) is 0 Å². The number of nitrogens with one attached hydrogen (secondary N) is 1. The molecule has 0 saturated carbocycles.